The Morgan fingerprint density at radius 1 is 1.50 bits per heavy atom. The van der Waals surface area contributed by atoms with Crippen LogP contribution in [0, 0.1) is 10.1 Å². The molecule has 0 saturated carbocycles. The highest BCUT2D eigenvalue weighted by Gasteiger charge is 2.44. The highest BCUT2D eigenvalue weighted by molar-refractivity contribution is 5.94. The van der Waals surface area contributed by atoms with Gasteiger partial charge < -0.3 is 25.9 Å². The van der Waals surface area contributed by atoms with Crippen molar-refractivity contribution in [1.82, 2.24) is 9.47 Å². The lowest BCUT2D eigenvalue weighted by Gasteiger charge is -2.19. The summed E-state index contributed by atoms with van der Waals surface area (Å²) < 4.78 is 1.17. The molecule has 0 radical (unpaired) electrons. The number of aliphatic carboxylic acids is 1. The minimum atomic E-state index is -1.45. The summed E-state index contributed by atoms with van der Waals surface area (Å²) in [5.41, 5.74) is 4.37. The summed E-state index contributed by atoms with van der Waals surface area (Å²) in [5, 5.41) is 19.8. The van der Waals surface area contributed by atoms with Gasteiger partial charge in [-0.25, -0.2) is 4.57 Å². The van der Waals surface area contributed by atoms with Crippen LogP contribution in [0.4, 0.5) is 5.82 Å². The van der Waals surface area contributed by atoms with Gasteiger partial charge in [0.05, 0.1) is 7.05 Å². The summed E-state index contributed by atoms with van der Waals surface area (Å²) in [6.45, 7) is 0.0980. The zero-order valence-electron chi connectivity index (χ0n) is 10.8. The molecule has 2 heterocycles. The van der Waals surface area contributed by atoms with Crippen molar-refractivity contribution in [3.8, 4) is 0 Å². The molecular weight excluding hydrogens is 268 g/mol. The quantitative estimate of drug-likeness (QED) is 0.570. The predicted molar refractivity (Wildman–Crippen MR) is 67.1 cm³/mol. The number of hydrogen-bond acceptors (Lipinski definition) is 5. The Bertz CT molecular complexity index is 596. The maximum absolute atomic E-state index is 12.2. The molecule has 1 atom stereocenters. The van der Waals surface area contributed by atoms with Crippen LogP contribution < -0.4 is 5.73 Å². The molecule has 1 unspecified atom stereocenters. The second kappa shape index (κ2) is 4.60. The van der Waals surface area contributed by atoms with Crippen molar-refractivity contribution in [2.75, 3.05) is 13.1 Å². The molecule has 1 amide bonds. The smallest absolute Gasteiger partial charge is 0.325 e. The van der Waals surface area contributed by atoms with Crippen LogP contribution >= 0.6 is 0 Å². The molecule has 2 rings (SSSR count). The molecule has 20 heavy (non-hydrogen) atoms. The number of carboxylic acids is 1. The lowest BCUT2D eigenvalue weighted by Crippen LogP contribution is -2.50. The molecule has 0 spiro atoms. The fraction of sp³-hybridized carbons (Fsp3) is 0.455. The predicted octanol–water partition coefficient (Wildman–Crippen LogP) is -0.439. The monoisotopic (exact) mass is 282 g/mol. The van der Waals surface area contributed by atoms with Gasteiger partial charge in [-0.05, 0) is 17.4 Å². The van der Waals surface area contributed by atoms with E-state index in [9.17, 15) is 19.7 Å². The number of likely N-dealkylation sites (tertiary alicyclic amines) is 1. The number of nitrogens with zero attached hydrogens (tertiary/aromatic N) is 3. The molecule has 9 heteroatoms. The summed E-state index contributed by atoms with van der Waals surface area (Å²) in [6.07, 6.45) is 0.153. The Hall–Kier alpha value is -2.42. The van der Waals surface area contributed by atoms with Gasteiger partial charge in [-0.3, -0.25) is 9.59 Å². The van der Waals surface area contributed by atoms with Gasteiger partial charge in [-0.1, -0.05) is 0 Å². The third-order valence-electron chi connectivity index (χ3n) is 3.52. The summed E-state index contributed by atoms with van der Waals surface area (Å²) in [6, 6.07) is 2.58. The lowest BCUT2D eigenvalue weighted by atomic mass is 10.0. The van der Waals surface area contributed by atoms with Gasteiger partial charge in [0.2, 0.25) is 0 Å². The van der Waals surface area contributed by atoms with Crippen LogP contribution in [0.3, 0.4) is 0 Å². The van der Waals surface area contributed by atoms with Crippen LogP contribution in [0.25, 0.3) is 0 Å². The van der Waals surface area contributed by atoms with Crippen LogP contribution in [0.2, 0.25) is 0 Å². The van der Waals surface area contributed by atoms with E-state index in [-0.39, 0.29) is 31.0 Å². The highest BCUT2D eigenvalue weighted by atomic mass is 16.6. The van der Waals surface area contributed by atoms with E-state index < -0.39 is 22.3 Å². The van der Waals surface area contributed by atoms with E-state index in [1.54, 1.807) is 0 Å². The van der Waals surface area contributed by atoms with Gasteiger partial charge in [0.25, 0.3) is 5.91 Å². The topological polar surface area (TPSA) is 132 Å². The molecule has 1 fully saturated rings. The van der Waals surface area contributed by atoms with Crippen LogP contribution in [-0.2, 0) is 11.8 Å². The summed E-state index contributed by atoms with van der Waals surface area (Å²) in [7, 11) is 1.41. The number of aromatic nitrogens is 1. The molecule has 0 aromatic carbocycles. The number of nitro groups is 1. The van der Waals surface area contributed by atoms with Crippen molar-refractivity contribution >= 4 is 17.7 Å². The molecule has 1 aliphatic heterocycles. The number of carboxylic acid groups (broad SMARTS) is 1. The number of rotatable bonds is 3. The molecule has 3 N–H and O–H groups in total. The van der Waals surface area contributed by atoms with Gasteiger partial charge in [0.1, 0.15) is 5.54 Å². The third kappa shape index (κ3) is 2.11. The van der Waals surface area contributed by atoms with Gasteiger partial charge in [-0.15, -0.1) is 0 Å². The second-order valence-corrected chi connectivity index (χ2v) is 4.83. The minimum Gasteiger partial charge on any atom is -0.480 e. The number of hydrogen-bond donors (Lipinski definition) is 2. The number of carbonyl (C=O) groups excluding carboxylic acids is 1. The van der Waals surface area contributed by atoms with E-state index in [0.717, 1.165) is 0 Å². The highest BCUT2D eigenvalue weighted by Crippen LogP contribution is 2.23. The van der Waals surface area contributed by atoms with Gasteiger partial charge in [0.15, 0.2) is 5.69 Å². The maximum atomic E-state index is 12.2. The fourth-order valence-corrected chi connectivity index (χ4v) is 2.24. The van der Waals surface area contributed by atoms with Gasteiger partial charge in [-0.2, -0.15) is 0 Å². The minimum absolute atomic E-state index is 0.111. The van der Waals surface area contributed by atoms with E-state index in [2.05, 4.69) is 0 Å². The Kier molecular flexibility index (Phi) is 3.22. The van der Waals surface area contributed by atoms with E-state index in [1.165, 1.54) is 28.6 Å². The van der Waals surface area contributed by atoms with Crippen molar-refractivity contribution in [2.24, 2.45) is 12.8 Å². The first-order chi connectivity index (χ1) is 9.26. The average Bonchev–Trinajstić information content (AvgIpc) is 2.93. The molecule has 0 bridgehead atoms. The molecule has 1 aromatic rings. The van der Waals surface area contributed by atoms with E-state index >= 15 is 0 Å². The largest absolute Gasteiger partial charge is 0.480 e. The first kappa shape index (κ1) is 14.0. The Morgan fingerprint density at radius 3 is 2.60 bits per heavy atom. The molecule has 1 aliphatic rings. The van der Waals surface area contributed by atoms with Crippen molar-refractivity contribution < 1.29 is 19.6 Å². The zero-order chi connectivity index (χ0) is 15.1. The third-order valence-corrected chi connectivity index (χ3v) is 3.52. The van der Waals surface area contributed by atoms with Crippen LogP contribution in [0.5, 0.6) is 0 Å². The number of amides is 1. The number of nitrogens with two attached hydrogens (primary N) is 1. The standard InChI is InChI=1S/C11H14N4O5/c1-13-7(2-3-8(13)15(19)20)9(16)14-5-4-11(12,6-14)10(17)18/h2-3H,4-6,12H2,1H3,(H,17,18). The molecule has 108 valence electrons. The van der Waals surface area contributed by atoms with Crippen molar-refractivity contribution in [3.05, 3.63) is 27.9 Å². The second-order valence-electron chi connectivity index (χ2n) is 4.83. The Labute approximate surface area is 113 Å². The Balaban J connectivity index is 2.22. The van der Waals surface area contributed by atoms with Crippen molar-refractivity contribution in [2.45, 2.75) is 12.0 Å². The van der Waals surface area contributed by atoms with Gasteiger partial charge in [0, 0.05) is 19.2 Å². The van der Waals surface area contributed by atoms with Crippen LogP contribution in [-0.4, -0.2) is 50.0 Å². The molecule has 9 nitrogen and oxygen atoms in total. The fourth-order valence-electron chi connectivity index (χ4n) is 2.24. The molecule has 1 saturated heterocycles. The summed E-state index contributed by atoms with van der Waals surface area (Å²) >= 11 is 0. The molecular formula is C11H14N4O5. The van der Waals surface area contributed by atoms with Crippen molar-refractivity contribution in [1.29, 1.82) is 0 Å². The van der Waals surface area contributed by atoms with E-state index in [4.69, 9.17) is 10.8 Å². The summed E-state index contributed by atoms with van der Waals surface area (Å²) in [5.74, 6) is -1.83. The number of carbonyl (C=O) groups is 2. The molecule has 1 aromatic heterocycles. The zero-order valence-corrected chi connectivity index (χ0v) is 10.8. The van der Waals surface area contributed by atoms with Crippen molar-refractivity contribution in [3.63, 3.8) is 0 Å². The first-order valence-corrected chi connectivity index (χ1v) is 5.88. The van der Waals surface area contributed by atoms with Gasteiger partial charge >= 0.3 is 11.8 Å². The van der Waals surface area contributed by atoms with Crippen LogP contribution in [0.15, 0.2) is 12.1 Å². The average molecular weight is 282 g/mol. The lowest BCUT2D eigenvalue weighted by molar-refractivity contribution is -0.391. The SMILES string of the molecule is Cn1c(C(=O)N2CCC(N)(C(=O)O)C2)ccc1[N+](=O)[O-]. The Morgan fingerprint density at radius 2 is 2.15 bits per heavy atom. The van der Waals surface area contributed by atoms with Crippen LogP contribution in [0.1, 0.15) is 16.9 Å². The van der Waals surface area contributed by atoms with E-state index in [0.29, 0.717) is 0 Å². The molecule has 0 aliphatic carbocycles. The normalized spacial score (nSPS) is 22.0. The van der Waals surface area contributed by atoms with E-state index in [1.807, 2.05) is 0 Å². The summed E-state index contributed by atoms with van der Waals surface area (Å²) in [4.78, 5) is 34.7. The maximum Gasteiger partial charge on any atom is 0.325 e. The first-order valence-electron chi connectivity index (χ1n) is 5.88.